The van der Waals surface area contributed by atoms with Crippen molar-refractivity contribution in [3.8, 4) is 11.5 Å². The summed E-state index contributed by atoms with van der Waals surface area (Å²) in [6.45, 7) is 6.30. The molecule has 2 rings (SSSR count). The Bertz CT molecular complexity index is 608. The average molecular weight is 310 g/mol. The second kappa shape index (κ2) is 10.8. The molecule has 0 radical (unpaired) electrons. The minimum atomic E-state index is 0.217. The van der Waals surface area contributed by atoms with Gasteiger partial charge >= 0.3 is 0 Å². The van der Waals surface area contributed by atoms with E-state index in [1.807, 2.05) is 19.1 Å². The van der Waals surface area contributed by atoms with Crippen LogP contribution < -0.4 is 0 Å². The van der Waals surface area contributed by atoms with Gasteiger partial charge in [-0.05, 0) is 31.2 Å². The van der Waals surface area contributed by atoms with Gasteiger partial charge < -0.3 is 10.2 Å². The lowest BCUT2D eigenvalue weighted by molar-refractivity contribution is 0.474. The van der Waals surface area contributed by atoms with E-state index in [1.54, 1.807) is 54.9 Å². The summed E-state index contributed by atoms with van der Waals surface area (Å²) in [5.74, 6) is 0.433. The normalized spacial score (nSPS) is 10.5. The van der Waals surface area contributed by atoms with Gasteiger partial charge in [0.1, 0.15) is 11.5 Å². The number of nitrogens with zero attached hydrogens (tertiary/aromatic N) is 2. The van der Waals surface area contributed by atoms with Crippen LogP contribution >= 0.6 is 0 Å². The summed E-state index contributed by atoms with van der Waals surface area (Å²) in [6, 6.07) is 14.1. The van der Waals surface area contributed by atoms with Crippen LogP contribution in [0.2, 0.25) is 0 Å². The quantitative estimate of drug-likeness (QED) is 0.501. The molecule has 0 aliphatic heterocycles. The Morgan fingerprint density at radius 3 is 1.52 bits per heavy atom. The number of allylic oxidation sites excluding steroid dienone is 1. The minimum Gasteiger partial charge on any atom is -0.507 e. The lowest BCUT2D eigenvalue weighted by Gasteiger charge is -1.97. The number of hydrogen-bond acceptors (Lipinski definition) is 4. The van der Waals surface area contributed by atoms with Crippen LogP contribution in [0.25, 0.3) is 0 Å². The second-order valence-corrected chi connectivity index (χ2v) is 4.60. The van der Waals surface area contributed by atoms with Gasteiger partial charge in [-0.3, -0.25) is 9.98 Å². The summed E-state index contributed by atoms with van der Waals surface area (Å²) in [5.41, 5.74) is 1.38. The summed E-state index contributed by atoms with van der Waals surface area (Å²) < 4.78 is 0. The van der Waals surface area contributed by atoms with Crippen LogP contribution in [-0.2, 0) is 0 Å². The zero-order valence-corrected chi connectivity index (χ0v) is 13.3. The SMILES string of the molecule is C=CC.Oc1ccccc1C=NCCN=Cc1ccccc1O. The fourth-order valence-electron chi connectivity index (χ4n) is 1.63. The molecular weight excluding hydrogens is 288 g/mol. The number of phenolic OH excluding ortho intramolecular Hbond substituents is 2. The van der Waals surface area contributed by atoms with Crippen LogP contribution in [0.4, 0.5) is 0 Å². The lowest BCUT2D eigenvalue weighted by atomic mass is 10.2. The molecule has 23 heavy (non-hydrogen) atoms. The molecule has 4 heteroatoms. The summed E-state index contributed by atoms with van der Waals surface area (Å²) in [7, 11) is 0. The summed E-state index contributed by atoms with van der Waals surface area (Å²) in [5, 5.41) is 19.1. The molecule has 0 bridgehead atoms. The summed E-state index contributed by atoms with van der Waals surface area (Å²) >= 11 is 0. The van der Waals surface area contributed by atoms with Crippen molar-refractivity contribution in [3.05, 3.63) is 72.3 Å². The molecule has 4 nitrogen and oxygen atoms in total. The Kier molecular flexibility index (Phi) is 8.52. The summed E-state index contributed by atoms with van der Waals surface area (Å²) in [6.07, 6.45) is 5.01. The molecule has 0 unspecified atom stereocenters. The second-order valence-electron chi connectivity index (χ2n) is 4.60. The van der Waals surface area contributed by atoms with Gasteiger partial charge in [0, 0.05) is 23.6 Å². The zero-order chi connectivity index (χ0) is 16.9. The van der Waals surface area contributed by atoms with E-state index in [2.05, 4.69) is 16.6 Å². The Labute approximate surface area is 137 Å². The number of aliphatic imine (C=N–C) groups is 2. The van der Waals surface area contributed by atoms with Crippen molar-refractivity contribution in [1.29, 1.82) is 0 Å². The number of benzene rings is 2. The van der Waals surface area contributed by atoms with E-state index in [-0.39, 0.29) is 11.5 Å². The third kappa shape index (κ3) is 7.09. The first-order chi connectivity index (χ1) is 11.2. The number of para-hydroxylation sites is 2. The third-order valence-electron chi connectivity index (χ3n) is 2.69. The van der Waals surface area contributed by atoms with Gasteiger partial charge in [-0.25, -0.2) is 0 Å². The molecule has 0 atom stereocenters. The lowest BCUT2D eigenvalue weighted by Crippen LogP contribution is -1.91. The monoisotopic (exact) mass is 310 g/mol. The Hall–Kier alpha value is -2.88. The van der Waals surface area contributed by atoms with Crippen molar-refractivity contribution in [2.75, 3.05) is 13.1 Å². The van der Waals surface area contributed by atoms with Crippen molar-refractivity contribution < 1.29 is 10.2 Å². The first-order valence-electron chi connectivity index (χ1n) is 7.31. The van der Waals surface area contributed by atoms with Gasteiger partial charge in [0.05, 0.1) is 13.1 Å². The maximum Gasteiger partial charge on any atom is 0.124 e. The van der Waals surface area contributed by atoms with Crippen LogP contribution in [0.3, 0.4) is 0 Å². The van der Waals surface area contributed by atoms with Gasteiger partial charge in [-0.2, -0.15) is 0 Å². The highest BCUT2D eigenvalue weighted by molar-refractivity contribution is 5.84. The van der Waals surface area contributed by atoms with E-state index in [4.69, 9.17) is 0 Å². The Morgan fingerprint density at radius 1 is 0.826 bits per heavy atom. The van der Waals surface area contributed by atoms with E-state index in [0.717, 1.165) is 0 Å². The maximum absolute atomic E-state index is 9.54. The minimum absolute atomic E-state index is 0.217. The van der Waals surface area contributed by atoms with Crippen molar-refractivity contribution in [1.82, 2.24) is 0 Å². The number of rotatable bonds is 5. The molecule has 0 amide bonds. The zero-order valence-electron chi connectivity index (χ0n) is 13.3. The molecule has 120 valence electrons. The van der Waals surface area contributed by atoms with Gasteiger partial charge in [-0.15, -0.1) is 6.58 Å². The number of aromatic hydroxyl groups is 2. The van der Waals surface area contributed by atoms with Crippen LogP contribution in [0.5, 0.6) is 11.5 Å². The van der Waals surface area contributed by atoms with Crippen molar-refractivity contribution in [3.63, 3.8) is 0 Å². The molecule has 0 aliphatic carbocycles. The fourth-order valence-corrected chi connectivity index (χ4v) is 1.63. The predicted octanol–water partition coefficient (Wildman–Crippen LogP) is 3.83. The Morgan fingerprint density at radius 2 is 1.17 bits per heavy atom. The molecule has 0 saturated heterocycles. The van der Waals surface area contributed by atoms with Gasteiger partial charge in [-0.1, -0.05) is 30.3 Å². The smallest absolute Gasteiger partial charge is 0.124 e. The van der Waals surface area contributed by atoms with Crippen molar-refractivity contribution in [2.24, 2.45) is 9.98 Å². The van der Waals surface area contributed by atoms with Crippen LogP contribution in [-0.4, -0.2) is 35.7 Å². The van der Waals surface area contributed by atoms with Crippen LogP contribution in [0, 0.1) is 0 Å². The van der Waals surface area contributed by atoms with E-state index >= 15 is 0 Å². The third-order valence-corrected chi connectivity index (χ3v) is 2.69. The maximum atomic E-state index is 9.54. The average Bonchev–Trinajstić information content (AvgIpc) is 2.55. The van der Waals surface area contributed by atoms with Gasteiger partial charge in [0.2, 0.25) is 0 Å². The number of hydrogen-bond donors (Lipinski definition) is 2. The molecule has 0 fully saturated rings. The van der Waals surface area contributed by atoms with E-state index in [1.165, 1.54) is 0 Å². The van der Waals surface area contributed by atoms with Gasteiger partial charge in [0.15, 0.2) is 0 Å². The first kappa shape index (κ1) is 18.2. The van der Waals surface area contributed by atoms with E-state index in [9.17, 15) is 10.2 Å². The fraction of sp³-hybridized carbons (Fsp3) is 0.158. The first-order valence-corrected chi connectivity index (χ1v) is 7.31. The highest BCUT2D eigenvalue weighted by Crippen LogP contribution is 2.13. The highest BCUT2D eigenvalue weighted by Gasteiger charge is 1.95. The van der Waals surface area contributed by atoms with Crippen molar-refractivity contribution in [2.45, 2.75) is 6.92 Å². The molecule has 2 aromatic carbocycles. The van der Waals surface area contributed by atoms with E-state index < -0.39 is 0 Å². The molecule has 0 saturated carbocycles. The standard InChI is InChI=1S/C16H16N2O2.C3H6/c19-15-7-3-1-5-13(15)11-17-9-10-18-12-14-6-2-4-8-16(14)20;1-3-2/h1-8,11-12,19-20H,9-10H2;3H,1H2,2H3. The molecule has 0 aromatic heterocycles. The topological polar surface area (TPSA) is 65.2 Å². The van der Waals surface area contributed by atoms with Crippen LogP contribution in [0.1, 0.15) is 18.1 Å². The van der Waals surface area contributed by atoms with Crippen molar-refractivity contribution >= 4 is 12.4 Å². The molecule has 0 aliphatic rings. The molecule has 0 spiro atoms. The molecule has 0 heterocycles. The highest BCUT2D eigenvalue weighted by atomic mass is 16.3. The molecule has 2 N–H and O–H groups in total. The number of phenols is 2. The molecular formula is C19H22N2O2. The predicted molar refractivity (Wildman–Crippen MR) is 97.0 cm³/mol. The Balaban J connectivity index is 0.000000816. The van der Waals surface area contributed by atoms with E-state index in [0.29, 0.717) is 24.2 Å². The molecule has 2 aromatic rings. The van der Waals surface area contributed by atoms with Crippen LogP contribution in [0.15, 0.2) is 71.2 Å². The largest absolute Gasteiger partial charge is 0.507 e. The van der Waals surface area contributed by atoms with Gasteiger partial charge in [0.25, 0.3) is 0 Å². The summed E-state index contributed by atoms with van der Waals surface area (Å²) in [4.78, 5) is 8.39.